The Kier molecular flexibility index (Phi) is 6.58. The van der Waals surface area contributed by atoms with Crippen molar-refractivity contribution in [2.75, 3.05) is 13.1 Å². The van der Waals surface area contributed by atoms with Crippen molar-refractivity contribution in [3.05, 3.63) is 77.6 Å². The van der Waals surface area contributed by atoms with E-state index in [9.17, 15) is 14.0 Å². The van der Waals surface area contributed by atoms with Crippen LogP contribution in [0.5, 0.6) is 0 Å². The van der Waals surface area contributed by atoms with Crippen LogP contribution in [0.25, 0.3) is 5.69 Å². The summed E-state index contributed by atoms with van der Waals surface area (Å²) in [5.74, 6) is 0.146. The topological polar surface area (TPSA) is 80.1 Å². The number of aryl methyl sites for hydroxylation is 2. The fraction of sp³-hybridized carbons (Fsp3) is 0.333. The zero-order valence-electron chi connectivity index (χ0n) is 18.0. The molecule has 0 radical (unpaired) electrons. The molecule has 2 aromatic carbocycles. The molecule has 1 aliphatic heterocycles. The summed E-state index contributed by atoms with van der Waals surface area (Å²) in [4.78, 5) is 31.2. The molecule has 1 saturated heterocycles. The molecule has 2 amide bonds. The monoisotopic (exact) mass is 435 g/mol. The number of amides is 2. The summed E-state index contributed by atoms with van der Waals surface area (Å²) in [7, 11) is 0. The summed E-state index contributed by atoms with van der Waals surface area (Å²) in [6.07, 6.45) is 2.56. The van der Waals surface area contributed by atoms with Crippen molar-refractivity contribution in [3.8, 4) is 5.69 Å². The first kappa shape index (κ1) is 21.7. The molecule has 0 atom stereocenters. The van der Waals surface area contributed by atoms with Crippen LogP contribution >= 0.6 is 0 Å². The molecule has 0 saturated carbocycles. The van der Waals surface area contributed by atoms with Gasteiger partial charge < -0.3 is 10.2 Å². The van der Waals surface area contributed by atoms with E-state index < -0.39 is 0 Å². The third-order valence-electron chi connectivity index (χ3n) is 5.66. The number of nitrogens with zero attached hydrogens (tertiary/aromatic N) is 4. The molecule has 0 aliphatic carbocycles. The molecule has 1 fully saturated rings. The van der Waals surface area contributed by atoms with Crippen LogP contribution in [0.15, 0.2) is 54.6 Å². The number of piperidine rings is 1. The predicted molar refractivity (Wildman–Crippen MR) is 118 cm³/mol. The third kappa shape index (κ3) is 5.19. The number of hydrogen-bond donors (Lipinski definition) is 1. The number of nitrogens with one attached hydrogen (secondary N) is 1. The number of likely N-dealkylation sites (tertiary alicyclic amines) is 1. The van der Waals surface area contributed by atoms with Crippen molar-refractivity contribution in [3.63, 3.8) is 0 Å². The Hall–Kier alpha value is -3.55. The van der Waals surface area contributed by atoms with Crippen LogP contribution in [-0.4, -0.2) is 50.6 Å². The molecule has 8 heteroatoms. The quantitative estimate of drug-likeness (QED) is 0.645. The zero-order valence-corrected chi connectivity index (χ0v) is 18.0. The van der Waals surface area contributed by atoms with Gasteiger partial charge in [0.05, 0.1) is 5.69 Å². The van der Waals surface area contributed by atoms with Crippen molar-refractivity contribution in [2.45, 2.75) is 38.6 Å². The maximum absolute atomic E-state index is 13.2. The first-order valence-corrected chi connectivity index (χ1v) is 10.8. The van der Waals surface area contributed by atoms with Crippen LogP contribution in [0, 0.1) is 12.7 Å². The Morgan fingerprint density at radius 1 is 1.06 bits per heavy atom. The molecule has 0 unspecified atom stereocenters. The largest absolute Gasteiger partial charge is 0.353 e. The van der Waals surface area contributed by atoms with E-state index in [-0.39, 0.29) is 29.5 Å². The van der Waals surface area contributed by atoms with Gasteiger partial charge >= 0.3 is 0 Å². The molecule has 1 N–H and O–H groups in total. The number of carbonyl (C=O) groups excluding carboxylic acids is 2. The van der Waals surface area contributed by atoms with Gasteiger partial charge in [0.25, 0.3) is 5.91 Å². The lowest BCUT2D eigenvalue weighted by Gasteiger charge is -2.31. The van der Waals surface area contributed by atoms with Crippen LogP contribution in [0.3, 0.4) is 0 Å². The minimum absolute atomic E-state index is 0.0361. The smallest absolute Gasteiger partial charge is 0.293 e. The summed E-state index contributed by atoms with van der Waals surface area (Å²) >= 11 is 0. The fourth-order valence-electron chi connectivity index (χ4n) is 3.88. The Bertz CT molecular complexity index is 1070. The van der Waals surface area contributed by atoms with E-state index in [1.54, 1.807) is 24.0 Å². The zero-order chi connectivity index (χ0) is 22.5. The number of hydrogen-bond acceptors (Lipinski definition) is 4. The van der Waals surface area contributed by atoms with Gasteiger partial charge in [0.15, 0.2) is 0 Å². The molecule has 3 aromatic rings. The predicted octanol–water partition coefficient (Wildman–Crippen LogP) is 3.07. The van der Waals surface area contributed by atoms with Crippen molar-refractivity contribution in [1.29, 1.82) is 0 Å². The van der Waals surface area contributed by atoms with Gasteiger partial charge in [0.1, 0.15) is 11.6 Å². The van der Waals surface area contributed by atoms with E-state index in [1.165, 1.54) is 16.8 Å². The van der Waals surface area contributed by atoms with Crippen molar-refractivity contribution in [1.82, 2.24) is 25.0 Å². The lowest BCUT2D eigenvalue weighted by molar-refractivity contribution is -0.122. The summed E-state index contributed by atoms with van der Waals surface area (Å²) < 4.78 is 14.7. The van der Waals surface area contributed by atoms with Gasteiger partial charge in [-0.2, -0.15) is 0 Å². The number of aromatic nitrogens is 3. The normalized spacial score (nSPS) is 14.4. The van der Waals surface area contributed by atoms with Gasteiger partial charge in [0.2, 0.25) is 11.7 Å². The van der Waals surface area contributed by atoms with Crippen LogP contribution < -0.4 is 5.32 Å². The Morgan fingerprint density at radius 2 is 1.75 bits per heavy atom. The molecule has 0 spiro atoms. The Morgan fingerprint density at radius 3 is 2.44 bits per heavy atom. The highest BCUT2D eigenvalue weighted by molar-refractivity contribution is 5.90. The number of benzene rings is 2. The van der Waals surface area contributed by atoms with Crippen LogP contribution in [-0.2, 0) is 11.2 Å². The number of halogens is 1. The van der Waals surface area contributed by atoms with Crippen molar-refractivity contribution >= 4 is 11.8 Å². The van der Waals surface area contributed by atoms with E-state index in [1.807, 2.05) is 30.3 Å². The van der Waals surface area contributed by atoms with Gasteiger partial charge in [-0.3, -0.25) is 9.59 Å². The second-order valence-corrected chi connectivity index (χ2v) is 7.99. The van der Waals surface area contributed by atoms with E-state index >= 15 is 0 Å². The summed E-state index contributed by atoms with van der Waals surface area (Å²) in [6, 6.07) is 15.9. The van der Waals surface area contributed by atoms with E-state index in [0.29, 0.717) is 50.3 Å². The molecule has 1 aliphatic rings. The molecular formula is C24H26FN5O2. The summed E-state index contributed by atoms with van der Waals surface area (Å²) in [5, 5.41) is 7.41. The minimum atomic E-state index is -0.335. The summed E-state index contributed by atoms with van der Waals surface area (Å²) in [5.41, 5.74) is 1.79. The first-order valence-electron chi connectivity index (χ1n) is 10.8. The average Bonchev–Trinajstić information content (AvgIpc) is 3.20. The maximum atomic E-state index is 13.2. The molecular weight excluding hydrogens is 409 g/mol. The molecule has 7 nitrogen and oxygen atoms in total. The highest BCUT2D eigenvalue weighted by Gasteiger charge is 2.27. The molecule has 0 bridgehead atoms. The van der Waals surface area contributed by atoms with Gasteiger partial charge in [-0.25, -0.2) is 14.1 Å². The molecule has 32 heavy (non-hydrogen) atoms. The van der Waals surface area contributed by atoms with E-state index in [4.69, 9.17) is 0 Å². The lowest BCUT2D eigenvalue weighted by Crippen LogP contribution is -2.46. The van der Waals surface area contributed by atoms with Crippen LogP contribution in [0.4, 0.5) is 4.39 Å². The highest BCUT2D eigenvalue weighted by atomic mass is 19.1. The second kappa shape index (κ2) is 9.72. The Labute approximate surface area is 186 Å². The maximum Gasteiger partial charge on any atom is 0.293 e. The van der Waals surface area contributed by atoms with E-state index in [0.717, 1.165) is 5.56 Å². The highest BCUT2D eigenvalue weighted by Crippen LogP contribution is 2.15. The van der Waals surface area contributed by atoms with Gasteiger partial charge in [0, 0.05) is 25.6 Å². The second-order valence-electron chi connectivity index (χ2n) is 7.99. The molecule has 4 rings (SSSR count). The minimum Gasteiger partial charge on any atom is -0.353 e. The van der Waals surface area contributed by atoms with Gasteiger partial charge in [-0.15, -0.1) is 5.10 Å². The van der Waals surface area contributed by atoms with Crippen molar-refractivity contribution in [2.24, 2.45) is 0 Å². The van der Waals surface area contributed by atoms with Gasteiger partial charge in [-0.05, 0) is 56.0 Å². The fourth-order valence-corrected chi connectivity index (χ4v) is 3.88. The SMILES string of the molecule is Cc1nc(C(=O)N2CCC(NC(=O)CCc3ccccc3)CC2)nn1-c1ccc(F)cc1. The Balaban J connectivity index is 1.28. The molecule has 2 heterocycles. The number of rotatable bonds is 6. The van der Waals surface area contributed by atoms with Crippen LogP contribution in [0.1, 0.15) is 41.3 Å². The molecule has 1 aromatic heterocycles. The average molecular weight is 436 g/mol. The first-order chi connectivity index (χ1) is 15.5. The van der Waals surface area contributed by atoms with E-state index in [2.05, 4.69) is 15.4 Å². The molecule has 166 valence electrons. The lowest BCUT2D eigenvalue weighted by atomic mass is 10.0. The van der Waals surface area contributed by atoms with Crippen molar-refractivity contribution < 1.29 is 14.0 Å². The summed E-state index contributed by atoms with van der Waals surface area (Å²) in [6.45, 7) is 2.82. The van der Waals surface area contributed by atoms with Crippen LogP contribution in [0.2, 0.25) is 0 Å². The number of carbonyl (C=O) groups is 2. The van der Waals surface area contributed by atoms with Gasteiger partial charge in [-0.1, -0.05) is 30.3 Å². The third-order valence-corrected chi connectivity index (χ3v) is 5.66. The standard InChI is InChI=1S/C24H26FN5O2/c1-17-26-23(28-30(17)21-10-8-19(25)9-11-21)24(32)29-15-13-20(14-16-29)27-22(31)12-7-18-5-3-2-4-6-18/h2-6,8-11,20H,7,12-16H2,1H3,(H,27,31).